The van der Waals surface area contributed by atoms with E-state index in [1.807, 2.05) is 75.4 Å². The van der Waals surface area contributed by atoms with Crippen LogP contribution >= 0.6 is 0 Å². The van der Waals surface area contributed by atoms with Gasteiger partial charge >= 0.3 is 0 Å². The molecular weight excluding hydrogens is 501 g/mol. The van der Waals surface area contributed by atoms with Crippen LogP contribution in [0.15, 0.2) is 65.7 Å². The summed E-state index contributed by atoms with van der Waals surface area (Å²) in [6, 6.07) is 16.8. The van der Waals surface area contributed by atoms with Gasteiger partial charge in [0.2, 0.25) is 0 Å². The maximum absolute atomic E-state index is 15.9. The molecule has 0 aliphatic rings. The quantitative estimate of drug-likeness (QED) is 0.260. The summed E-state index contributed by atoms with van der Waals surface area (Å²) in [7, 11) is -3.42. The van der Waals surface area contributed by atoms with Gasteiger partial charge in [0.25, 0.3) is 0 Å². The van der Waals surface area contributed by atoms with Crippen molar-refractivity contribution in [2.45, 2.75) is 57.6 Å². The molecule has 0 aliphatic carbocycles. The van der Waals surface area contributed by atoms with Crippen LogP contribution in [0.5, 0.6) is 0 Å². The van der Waals surface area contributed by atoms with Crippen LogP contribution < -0.4 is 9.91 Å². The molecule has 0 unspecified atom stereocenters. The van der Waals surface area contributed by atoms with Crippen LogP contribution in [0.2, 0.25) is 19.6 Å². The van der Waals surface area contributed by atoms with Crippen LogP contribution in [0.1, 0.15) is 43.8 Å². The highest BCUT2D eigenvalue weighted by atomic mass is 32.2. The lowest BCUT2D eigenvalue weighted by Crippen LogP contribution is -2.42. The zero-order valence-corrected chi connectivity index (χ0v) is 24.1. The molecule has 8 heteroatoms. The molecule has 37 heavy (non-hydrogen) atoms. The summed E-state index contributed by atoms with van der Waals surface area (Å²) in [6.07, 6.45) is 1.86. The van der Waals surface area contributed by atoms with Gasteiger partial charge in [-0.3, -0.25) is 4.98 Å². The van der Waals surface area contributed by atoms with E-state index in [-0.39, 0.29) is 12.2 Å². The fourth-order valence-corrected chi connectivity index (χ4v) is 6.41. The molecule has 194 valence electrons. The first-order valence-electron chi connectivity index (χ1n) is 12.3. The Balaban J connectivity index is 1.88. The van der Waals surface area contributed by atoms with Gasteiger partial charge in [-0.15, -0.1) is 0 Å². The Labute approximate surface area is 221 Å². The number of nitrogens with one attached hydrogen (secondary N) is 1. The fraction of sp³-hybridized carbons (Fsp3) is 0.310. The van der Waals surface area contributed by atoms with Crippen LogP contribution in [0.25, 0.3) is 28.3 Å². The van der Waals surface area contributed by atoms with Gasteiger partial charge in [-0.1, -0.05) is 67.8 Å². The van der Waals surface area contributed by atoms with Gasteiger partial charge in [-0.05, 0) is 55.8 Å². The third kappa shape index (κ3) is 5.81. The van der Waals surface area contributed by atoms with Crippen molar-refractivity contribution < 1.29 is 13.1 Å². The normalized spacial score (nSPS) is 14.0. The number of hydrogen-bond donors (Lipinski definition) is 1. The van der Waals surface area contributed by atoms with Gasteiger partial charge in [0.05, 0.1) is 41.2 Å². The molecule has 0 radical (unpaired) electrons. The van der Waals surface area contributed by atoms with E-state index < -0.39 is 29.8 Å². The highest BCUT2D eigenvalue weighted by molar-refractivity contribution is 7.84. The Kier molecular flexibility index (Phi) is 7.64. The molecule has 0 saturated heterocycles. The highest BCUT2D eigenvalue weighted by Gasteiger charge is 2.30. The third-order valence-corrected chi connectivity index (χ3v) is 9.83. The molecule has 4 aromatic rings. The lowest BCUT2D eigenvalue weighted by Gasteiger charge is -2.27. The highest BCUT2D eigenvalue weighted by Crippen LogP contribution is 2.35. The second-order valence-corrected chi connectivity index (χ2v) is 18.2. The Morgan fingerprint density at radius 2 is 1.81 bits per heavy atom. The molecule has 0 spiro atoms. The smallest absolute Gasteiger partial charge is 0.167 e. The molecule has 2 aromatic carbocycles. The number of halogens is 1. The van der Waals surface area contributed by atoms with Crippen molar-refractivity contribution in [2.24, 2.45) is 0 Å². The van der Waals surface area contributed by atoms with Crippen molar-refractivity contribution in [1.29, 1.82) is 0 Å². The number of pyridine rings is 1. The minimum atomic E-state index is -2.00. The average Bonchev–Trinajstić information content (AvgIpc) is 3.27. The molecule has 0 aliphatic heterocycles. The maximum Gasteiger partial charge on any atom is 0.167 e. The number of aromatic nitrogens is 2. The van der Waals surface area contributed by atoms with Crippen molar-refractivity contribution in [3.63, 3.8) is 0 Å². The van der Waals surface area contributed by atoms with Crippen molar-refractivity contribution in [3.8, 4) is 11.3 Å². The summed E-state index contributed by atoms with van der Waals surface area (Å²) in [5, 5.41) is 5.95. The zero-order valence-electron chi connectivity index (χ0n) is 22.3. The van der Waals surface area contributed by atoms with Crippen LogP contribution in [0.3, 0.4) is 0 Å². The largest absolute Gasteiger partial charge is 0.356 e. The third-order valence-electron chi connectivity index (χ3n) is 6.24. The van der Waals surface area contributed by atoms with Crippen molar-refractivity contribution in [1.82, 2.24) is 14.9 Å². The van der Waals surface area contributed by atoms with E-state index in [0.29, 0.717) is 27.9 Å². The summed E-state index contributed by atoms with van der Waals surface area (Å²) in [5.74, 6) is -0.289. The molecule has 0 amide bonds. The van der Waals surface area contributed by atoms with E-state index in [1.165, 1.54) is 0 Å². The number of fused-ring (bicyclic) bond motifs is 1. The number of para-hydroxylation sites is 1. The van der Waals surface area contributed by atoms with Gasteiger partial charge in [0.1, 0.15) is 11.5 Å². The van der Waals surface area contributed by atoms with E-state index in [2.05, 4.69) is 41.1 Å². The average molecular weight is 536 g/mol. The molecule has 0 bridgehead atoms. The lowest BCUT2D eigenvalue weighted by atomic mass is 9.94. The first-order valence-corrected chi connectivity index (χ1v) is 17.0. The summed E-state index contributed by atoms with van der Waals surface area (Å²) in [5.41, 5.74) is 4.02. The predicted octanol–water partition coefficient (Wildman–Crippen LogP) is 6.55. The van der Waals surface area contributed by atoms with Crippen LogP contribution in [-0.2, 0) is 17.4 Å². The molecule has 2 heterocycles. The second kappa shape index (κ2) is 10.4. The van der Waals surface area contributed by atoms with Crippen molar-refractivity contribution in [2.75, 3.05) is 0 Å². The molecule has 4 rings (SSSR count). The monoisotopic (exact) mass is 535 g/mol. The first kappa shape index (κ1) is 27.1. The summed E-state index contributed by atoms with van der Waals surface area (Å²) < 4.78 is 37.6. The second-order valence-electron chi connectivity index (χ2n) is 11.2. The van der Waals surface area contributed by atoms with E-state index in [0.717, 1.165) is 16.5 Å². The summed E-state index contributed by atoms with van der Waals surface area (Å²) in [6.45, 7) is 15.9. The summed E-state index contributed by atoms with van der Waals surface area (Å²) in [4.78, 5) is 4.60. The van der Waals surface area contributed by atoms with Gasteiger partial charge < -0.3 is 4.52 Å². The van der Waals surface area contributed by atoms with Gasteiger partial charge in [-0.25, -0.2) is 13.3 Å². The lowest BCUT2D eigenvalue weighted by molar-refractivity contribution is 0.459. The number of hydrogen-bond acceptors (Lipinski definition) is 4. The number of rotatable bonds is 8. The molecule has 1 N–H and O–H groups in total. The fourth-order valence-electron chi connectivity index (χ4n) is 4.20. The predicted molar refractivity (Wildman–Crippen MR) is 154 cm³/mol. The molecule has 0 fully saturated rings. The van der Waals surface area contributed by atoms with Crippen molar-refractivity contribution >= 4 is 41.3 Å². The molecule has 2 aromatic heterocycles. The standard InChI is InChI=1S/C29H34FN3O2SSi/c1-8-19-17-26(37(5,6)7)27(30)24(31-19)18-23(33-36(34)29(2,3)4)20-13-9-10-14-21(20)28-22-15-11-12-16-25(22)35-32-28/h8-17,23,33H,1,18H2,2-7H3/t23-,36-/m0/s1. The molecule has 2 atom stereocenters. The van der Waals surface area contributed by atoms with Crippen LogP contribution in [0.4, 0.5) is 4.39 Å². The topological polar surface area (TPSA) is 68.0 Å². The van der Waals surface area contributed by atoms with E-state index >= 15 is 4.39 Å². The molecule has 5 nitrogen and oxygen atoms in total. The maximum atomic E-state index is 15.9. The number of benzene rings is 2. The SMILES string of the molecule is C=Cc1cc([Si](C)(C)C)c(F)c(C[C@H](N[S@@](=O)C(C)(C)C)c2ccccc2-c2noc3ccccc23)n1. The Morgan fingerprint density at radius 3 is 2.49 bits per heavy atom. The van der Waals surface area contributed by atoms with E-state index in [4.69, 9.17) is 4.52 Å². The Hall–Kier alpha value is -2.94. The minimum absolute atomic E-state index is 0.208. The van der Waals surface area contributed by atoms with Gasteiger partial charge in [0, 0.05) is 17.4 Å². The summed E-state index contributed by atoms with van der Waals surface area (Å²) >= 11 is 0. The van der Waals surface area contributed by atoms with Crippen LogP contribution in [-0.4, -0.2) is 27.2 Å². The van der Waals surface area contributed by atoms with Gasteiger partial charge in [0.15, 0.2) is 5.58 Å². The van der Waals surface area contributed by atoms with E-state index in [1.54, 1.807) is 6.08 Å². The molecule has 0 saturated carbocycles. The van der Waals surface area contributed by atoms with E-state index in [9.17, 15) is 4.21 Å². The Morgan fingerprint density at radius 1 is 1.14 bits per heavy atom. The van der Waals surface area contributed by atoms with Crippen LogP contribution in [0, 0.1) is 5.82 Å². The zero-order chi connectivity index (χ0) is 27.0. The number of nitrogens with zero attached hydrogens (tertiary/aromatic N) is 2. The first-order chi connectivity index (χ1) is 17.4. The minimum Gasteiger partial charge on any atom is -0.356 e. The Bertz CT molecular complexity index is 1470. The van der Waals surface area contributed by atoms with Gasteiger partial charge in [-0.2, -0.15) is 0 Å². The molecular formula is C29H34FN3O2SSi. The van der Waals surface area contributed by atoms with Crippen molar-refractivity contribution in [3.05, 3.63) is 83.9 Å².